The molecule has 90 valence electrons. The second-order valence-electron chi connectivity index (χ2n) is 5.02. The lowest BCUT2D eigenvalue weighted by atomic mass is 10.0. The fourth-order valence-electron chi connectivity index (χ4n) is 2.42. The van der Waals surface area contributed by atoms with Crippen LogP contribution in [0.15, 0.2) is 0 Å². The van der Waals surface area contributed by atoms with Crippen LogP contribution in [0.2, 0.25) is 0 Å². The molecule has 15 heavy (non-hydrogen) atoms. The molecule has 3 nitrogen and oxygen atoms in total. The second-order valence-corrected chi connectivity index (χ2v) is 5.02. The minimum atomic E-state index is 0.361. The first kappa shape index (κ1) is 12.9. The van der Waals surface area contributed by atoms with E-state index in [1.165, 1.54) is 32.4 Å². The molecule has 0 aliphatic carbocycles. The summed E-state index contributed by atoms with van der Waals surface area (Å²) in [6.07, 6.45) is 4.94. The van der Waals surface area contributed by atoms with Crippen LogP contribution in [0.4, 0.5) is 0 Å². The summed E-state index contributed by atoms with van der Waals surface area (Å²) in [5.74, 6) is 0. The van der Waals surface area contributed by atoms with E-state index in [0.717, 1.165) is 19.0 Å². The second kappa shape index (κ2) is 6.46. The minimum absolute atomic E-state index is 0.361. The Balaban J connectivity index is 2.24. The molecule has 1 saturated heterocycles. The van der Waals surface area contributed by atoms with Crippen LogP contribution in [0.5, 0.6) is 0 Å². The standard InChI is InChI=1S/C12H27N3/c1-4-5-11(13)10-15(3)12-6-8-14(2)9-7-12/h11-12H,4-10,13H2,1-3H3/t11-/m0/s1. The summed E-state index contributed by atoms with van der Waals surface area (Å²) in [6, 6.07) is 1.11. The van der Waals surface area contributed by atoms with Gasteiger partial charge in [-0.25, -0.2) is 0 Å². The highest BCUT2D eigenvalue weighted by molar-refractivity contribution is 4.78. The fourth-order valence-corrected chi connectivity index (χ4v) is 2.42. The third-order valence-electron chi connectivity index (χ3n) is 3.49. The van der Waals surface area contributed by atoms with Crippen molar-refractivity contribution >= 4 is 0 Å². The van der Waals surface area contributed by atoms with Gasteiger partial charge in [0.05, 0.1) is 0 Å². The first-order valence-electron chi connectivity index (χ1n) is 6.27. The maximum absolute atomic E-state index is 6.07. The molecule has 1 aliphatic rings. The molecule has 0 saturated carbocycles. The summed E-state index contributed by atoms with van der Waals surface area (Å²) >= 11 is 0. The number of piperidine rings is 1. The van der Waals surface area contributed by atoms with Crippen molar-refractivity contribution in [1.29, 1.82) is 0 Å². The molecule has 0 aromatic carbocycles. The molecule has 0 bridgehead atoms. The topological polar surface area (TPSA) is 32.5 Å². The Morgan fingerprint density at radius 2 is 2.00 bits per heavy atom. The van der Waals surface area contributed by atoms with Crippen molar-refractivity contribution < 1.29 is 0 Å². The van der Waals surface area contributed by atoms with E-state index in [0.29, 0.717) is 6.04 Å². The number of hydrogen-bond donors (Lipinski definition) is 1. The quantitative estimate of drug-likeness (QED) is 0.743. The molecule has 3 heteroatoms. The number of hydrogen-bond acceptors (Lipinski definition) is 3. The van der Waals surface area contributed by atoms with Crippen LogP contribution in [-0.2, 0) is 0 Å². The van der Waals surface area contributed by atoms with Crippen LogP contribution in [0.3, 0.4) is 0 Å². The molecule has 1 aliphatic heterocycles. The largest absolute Gasteiger partial charge is 0.327 e. The average Bonchev–Trinajstić information content (AvgIpc) is 2.18. The highest BCUT2D eigenvalue weighted by Gasteiger charge is 2.21. The van der Waals surface area contributed by atoms with Crippen LogP contribution in [-0.4, -0.2) is 55.6 Å². The van der Waals surface area contributed by atoms with Crippen molar-refractivity contribution in [3.8, 4) is 0 Å². The fraction of sp³-hybridized carbons (Fsp3) is 1.00. The zero-order valence-electron chi connectivity index (χ0n) is 10.6. The van der Waals surface area contributed by atoms with Crippen molar-refractivity contribution in [3.63, 3.8) is 0 Å². The predicted octanol–water partition coefficient (Wildman–Crippen LogP) is 1.14. The van der Waals surface area contributed by atoms with Crippen LogP contribution >= 0.6 is 0 Å². The minimum Gasteiger partial charge on any atom is -0.327 e. The SMILES string of the molecule is CCC[C@H](N)CN(C)C1CCN(C)CC1. The summed E-state index contributed by atoms with van der Waals surface area (Å²) in [7, 11) is 4.44. The number of rotatable bonds is 5. The van der Waals surface area contributed by atoms with E-state index in [-0.39, 0.29) is 0 Å². The zero-order chi connectivity index (χ0) is 11.3. The summed E-state index contributed by atoms with van der Waals surface area (Å²) < 4.78 is 0. The Kier molecular flexibility index (Phi) is 5.58. The monoisotopic (exact) mass is 213 g/mol. The van der Waals surface area contributed by atoms with Gasteiger partial charge in [-0.2, -0.15) is 0 Å². The molecule has 0 aromatic rings. The zero-order valence-corrected chi connectivity index (χ0v) is 10.6. The molecule has 0 aromatic heterocycles. The highest BCUT2D eigenvalue weighted by atomic mass is 15.2. The molecule has 1 heterocycles. The lowest BCUT2D eigenvalue weighted by Gasteiger charge is -2.36. The molecule has 0 amide bonds. The lowest BCUT2D eigenvalue weighted by molar-refractivity contribution is 0.138. The van der Waals surface area contributed by atoms with Gasteiger partial charge in [0.1, 0.15) is 0 Å². The van der Waals surface area contributed by atoms with Gasteiger partial charge in [-0.3, -0.25) is 0 Å². The lowest BCUT2D eigenvalue weighted by Crippen LogP contribution is -2.46. The van der Waals surface area contributed by atoms with E-state index < -0.39 is 0 Å². The summed E-state index contributed by atoms with van der Waals surface area (Å²) in [5, 5.41) is 0. The summed E-state index contributed by atoms with van der Waals surface area (Å²) in [6.45, 7) is 5.73. The average molecular weight is 213 g/mol. The Bertz CT molecular complexity index is 164. The van der Waals surface area contributed by atoms with Gasteiger partial charge in [0.2, 0.25) is 0 Å². The highest BCUT2D eigenvalue weighted by Crippen LogP contribution is 2.14. The molecule has 0 radical (unpaired) electrons. The van der Waals surface area contributed by atoms with E-state index in [2.05, 4.69) is 30.8 Å². The van der Waals surface area contributed by atoms with Gasteiger partial charge < -0.3 is 15.5 Å². The van der Waals surface area contributed by atoms with Gasteiger partial charge in [0.25, 0.3) is 0 Å². The Hall–Kier alpha value is -0.120. The van der Waals surface area contributed by atoms with Gasteiger partial charge in [0.15, 0.2) is 0 Å². The van der Waals surface area contributed by atoms with Gasteiger partial charge in [0, 0.05) is 18.6 Å². The van der Waals surface area contributed by atoms with E-state index in [1.807, 2.05) is 0 Å². The van der Waals surface area contributed by atoms with Gasteiger partial charge in [-0.15, -0.1) is 0 Å². The molecule has 1 fully saturated rings. The molecule has 1 rings (SSSR count). The third-order valence-corrected chi connectivity index (χ3v) is 3.49. The van der Waals surface area contributed by atoms with E-state index in [9.17, 15) is 0 Å². The maximum atomic E-state index is 6.07. The summed E-state index contributed by atoms with van der Waals surface area (Å²) in [4.78, 5) is 4.88. The maximum Gasteiger partial charge on any atom is 0.0167 e. The summed E-state index contributed by atoms with van der Waals surface area (Å²) in [5.41, 5.74) is 6.07. The number of likely N-dealkylation sites (tertiary alicyclic amines) is 1. The van der Waals surface area contributed by atoms with Crippen LogP contribution in [0.25, 0.3) is 0 Å². The van der Waals surface area contributed by atoms with E-state index >= 15 is 0 Å². The van der Waals surface area contributed by atoms with E-state index in [4.69, 9.17) is 5.73 Å². The molecule has 2 N–H and O–H groups in total. The van der Waals surface area contributed by atoms with Crippen LogP contribution in [0.1, 0.15) is 32.6 Å². The van der Waals surface area contributed by atoms with Crippen LogP contribution in [0, 0.1) is 0 Å². The van der Waals surface area contributed by atoms with Crippen LogP contribution < -0.4 is 5.73 Å². The first-order valence-corrected chi connectivity index (χ1v) is 6.27. The third kappa shape index (κ3) is 4.49. The van der Waals surface area contributed by atoms with Gasteiger partial charge >= 0.3 is 0 Å². The van der Waals surface area contributed by atoms with E-state index in [1.54, 1.807) is 0 Å². The number of nitrogens with zero attached hydrogens (tertiary/aromatic N) is 2. The van der Waals surface area contributed by atoms with Gasteiger partial charge in [-0.1, -0.05) is 13.3 Å². The molecular formula is C12H27N3. The van der Waals surface area contributed by atoms with Crippen molar-refractivity contribution in [2.75, 3.05) is 33.7 Å². The van der Waals surface area contributed by atoms with Crippen molar-refractivity contribution in [1.82, 2.24) is 9.80 Å². The van der Waals surface area contributed by atoms with Crippen molar-refractivity contribution in [3.05, 3.63) is 0 Å². The Morgan fingerprint density at radius 3 is 2.53 bits per heavy atom. The Labute approximate surface area is 94.6 Å². The smallest absolute Gasteiger partial charge is 0.0167 e. The van der Waals surface area contributed by atoms with Gasteiger partial charge in [-0.05, 0) is 46.4 Å². The van der Waals surface area contributed by atoms with Crippen molar-refractivity contribution in [2.45, 2.75) is 44.7 Å². The number of likely N-dealkylation sites (N-methyl/N-ethyl adjacent to an activating group) is 1. The normalized spacial score (nSPS) is 22.2. The molecule has 0 unspecified atom stereocenters. The predicted molar refractivity (Wildman–Crippen MR) is 66.0 cm³/mol. The molecular weight excluding hydrogens is 186 g/mol. The first-order chi connectivity index (χ1) is 7.13. The molecule has 0 spiro atoms. The Morgan fingerprint density at radius 1 is 1.40 bits per heavy atom. The molecule has 1 atom stereocenters. The number of nitrogens with two attached hydrogens (primary N) is 1. The van der Waals surface area contributed by atoms with Crippen molar-refractivity contribution in [2.24, 2.45) is 5.73 Å².